The average Bonchev–Trinajstić information content (AvgIpc) is 2.82. The van der Waals surface area contributed by atoms with Crippen molar-refractivity contribution in [3.63, 3.8) is 0 Å². The van der Waals surface area contributed by atoms with Gasteiger partial charge in [0.1, 0.15) is 12.4 Å². The van der Waals surface area contributed by atoms with E-state index < -0.39 is 12.1 Å². The number of ether oxygens (including phenoxy) is 2. The fourth-order valence-corrected chi connectivity index (χ4v) is 3.38. The van der Waals surface area contributed by atoms with Crippen LogP contribution in [0.3, 0.4) is 0 Å². The molecule has 0 aliphatic carbocycles. The van der Waals surface area contributed by atoms with E-state index in [0.717, 1.165) is 16.7 Å². The van der Waals surface area contributed by atoms with Crippen LogP contribution in [-0.2, 0) is 27.4 Å². The Balaban J connectivity index is 1.62. The van der Waals surface area contributed by atoms with Gasteiger partial charge >= 0.3 is 5.97 Å². The van der Waals surface area contributed by atoms with Gasteiger partial charge in [-0.1, -0.05) is 65.8 Å². The summed E-state index contributed by atoms with van der Waals surface area (Å²) in [4.78, 5) is 17.0. The molecule has 172 valence electrons. The highest BCUT2D eigenvalue weighted by atomic mass is 16.6. The number of aliphatic carboxylic acids is 1. The van der Waals surface area contributed by atoms with E-state index in [9.17, 15) is 9.90 Å². The van der Waals surface area contributed by atoms with E-state index in [1.165, 1.54) is 5.56 Å². The highest BCUT2D eigenvalue weighted by Gasteiger charge is 2.20. The van der Waals surface area contributed by atoms with Gasteiger partial charge in [-0.05, 0) is 48.2 Å². The summed E-state index contributed by atoms with van der Waals surface area (Å²) in [7, 11) is 1.57. The molecule has 1 atom stereocenters. The van der Waals surface area contributed by atoms with Gasteiger partial charge in [-0.2, -0.15) is 0 Å². The van der Waals surface area contributed by atoms with Crippen molar-refractivity contribution in [1.82, 2.24) is 0 Å². The number of hydrogen-bond donors (Lipinski definition) is 1. The maximum absolute atomic E-state index is 11.5. The Morgan fingerprint density at radius 3 is 2.27 bits per heavy atom. The molecule has 33 heavy (non-hydrogen) atoms. The van der Waals surface area contributed by atoms with Gasteiger partial charge in [0.25, 0.3) is 0 Å². The Bertz CT molecular complexity index is 1060. The van der Waals surface area contributed by atoms with E-state index >= 15 is 0 Å². The summed E-state index contributed by atoms with van der Waals surface area (Å²) in [6, 6.07) is 23.8. The minimum absolute atomic E-state index is 0.180. The molecule has 6 nitrogen and oxygen atoms in total. The summed E-state index contributed by atoms with van der Waals surface area (Å²) in [5.41, 5.74) is 4.82. The fourth-order valence-electron chi connectivity index (χ4n) is 3.38. The summed E-state index contributed by atoms with van der Waals surface area (Å²) in [6.45, 7) is 3.96. The molecule has 0 radical (unpaired) electrons. The number of rotatable bonds is 11. The number of nitrogens with zero attached hydrogens (tertiary/aromatic N) is 1. The highest BCUT2D eigenvalue weighted by molar-refractivity contribution is 5.83. The van der Waals surface area contributed by atoms with Crippen molar-refractivity contribution < 1.29 is 24.2 Å². The van der Waals surface area contributed by atoms with Gasteiger partial charge in [-0.15, -0.1) is 0 Å². The molecule has 3 aromatic carbocycles. The number of oxime groups is 1. The largest absolute Gasteiger partial charge is 0.496 e. The molecule has 0 heterocycles. The predicted molar refractivity (Wildman–Crippen MR) is 129 cm³/mol. The van der Waals surface area contributed by atoms with Gasteiger partial charge in [0.15, 0.2) is 6.10 Å². The topological polar surface area (TPSA) is 77.4 Å². The molecule has 0 aliphatic rings. The van der Waals surface area contributed by atoms with E-state index in [0.29, 0.717) is 17.9 Å². The second kappa shape index (κ2) is 11.8. The molecule has 6 heteroatoms. The Hall–Kier alpha value is -3.64. The number of carboxylic acid groups (broad SMARTS) is 1. The molecule has 0 saturated carbocycles. The molecule has 0 amide bonds. The summed E-state index contributed by atoms with van der Waals surface area (Å²) in [5, 5.41) is 13.5. The Kier molecular flexibility index (Phi) is 8.61. The van der Waals surface area contributed by atoms with Crippen LogP contribution in [0.2, 0.25) is 0 Å². The molecular weight excluding hydrogens is 418 g/mol. The lowest BCUT2D eigenvalue weighted by Crippen LogP contribution is -2.29. The minimum atomic E-state index is -0.989. The normalized spacial score (nSPS) is 12.1. The molecule has 1 N–H and O–H groups in total. The summed E-state index contributed by atoms with van der Waals surface area (Å²) in [6.07, 6.45) is 0.714. The van der Waals surface area contributed by atoms with E-state index in [1.807, 2.05) is 56.3 Å². The van der Waals surface area contributed by atoms with Crippen molar-refractivity contribution in [1.29, 1.82) is 0 Å². The molecular formula is C27H29NO5. The van der Waals surface area contributed by atoms with Crippen LogP contribution >= 0.6 is 0 Å². The maximum atomic E-state index is 11.5. The van der Waals surface area contributed by atoms with E-state index in [1.54, 1.807) is 19.4 Å². The first kappa shape index (κ1) is 24.0. The number of carboxylic acids is 1. The molecule has 0 fully saturated rings. The smallest absolute Gasteiger partial charge is 0.333 e. The van der Waals surface area contributed by atoms with E-state index in [2.05, 4.69) is 29.4 Å². The number of hydrogen-bond acceptors (Lipinski definition) is 5. The lowest BCUT2D eigenvalue weighted by atomic mass is 10.0. The maximum Gasteiger partial charge on any atom is 0.333 e. The molecule has 3 rings (SSSR count). The number of methoxy groups -OCH3 is 1. The van der Waals surface area contributed by atoms with Crippen molar-refractivity contribution in [2.75, 3.05) is 7.11 Å². The highest BCUT2D eigenvalue weighted by Crippen LogP contribution is 2.21. The molecule has 1 unspecified atom stereocenters. The summed E-state index contributed by atoms with van der Waals surface area (Å²) >= 11 is 0. The van der Waals surface area contributed by atoms with Crippen LogP contribution in [-0.4, -0.2) is 36.6 Å². The van der Waals surface area contributed by atoms with Crippen molar-refractivity contribution >= 4 is 12.2 Å². The zero-order valence-electron chi connectivity index (χ0n) is 19.1. The van der Waals surface area contributed by atoms with Crippen LogP contribution < -0.4 is 4.74 Å². The minimum Gasteiger partial charge on any atom is -0.496 e. The van der Waals surface area contributed by atoms with Crippen LogP contribution in [0.1, 0.15) is 30.5 Å². The van der Waals surface area contributed by atoms with Gasteiger partial charge in [-0.25, -0.2) is 4.79 Å². The third-order valence-electron chi connectivity index (χ3n) is 4.99. The number of carbonyl (C=O) groups is 1. The van der Waals surface area contributed by atoms with Crippen LogP contribution in [0.5, 0.6) is 5.75 Å². The third kappa shape index (κ3) is 7.19. The molecule has 0 saturated heterocycles. The fraction of sp³-hybridized carbons (Fsp3) is 0.259. The monoisotopic (exact) mass is 447 g/mol. The van der Waals surface area contributed by atoms with Crippen LogP contribution in [0.25, 0.3) is 11.1 Å². The SMILES string of the molecule is COc1ccc(CC(OC(C)C)C(=O)O)cc1/C=N/OCc1ccc(-c2ccccc2)cc1. The van der Waals surface area contributed by atoms with Crippen LogP contribution in [0, 0.1) is 0 Å². The Labute approximate surface area is 194 Å². The summed E-state index contributed by atoms with van der Waals surface area (Å²) in [5.74, 6) is -0.369. The zero-order chi connectivity index (χ0) is 23.6. The standard InChI is InChI=1S/C27H29NO5/c1-19(2)33-26(27(29)30)16-21-11-14-25(31-3)24(15-21)17-28-32-18-20-9-12-23(13-10-20)22-7-5-4-6-8-22/h4-15,17,19,26H,16,18H2,1-3H3,(H,29,30)/b28-17+. The first-order chi connectivity index (χ1) is 16.0. The van der Waals surface area contributed by atoms with Crippen molar-refractivity contribution in [3.05, 3.63) is 89.5 Å². The van der Waals surface area contributed by atoms with Gasteiger partial charge in [0.05, 0.1) is 19.4 Å². The van der Waals surface area contributed by atoms with E-state index in [4.69, 9.17) is 14.3 Å². The summed E-state index contributed by atoms with van der Waals surface area (Å²) < 4.78 is 10.9. The Morgan fingerprint density at radius 1 is 0.970 bits per heavy atom. The van der Waals surface area contributed by atoms with Crippen molar-refractivity contribution in [2.24, 2.45) is 5.16 Å². The second-order valence-corrected chi connectivity index (χ2v) is 7.86. The zero-order valence-corrected chi connectivity index (χ0v) is 19.1. The molecule has 3 aromatic rings. The van der Waals surface area contributed by atoms with Gasteiger partial charge in [0.2, 0.25) is 0 Å². The van der Waals surface area contributed by atoms with Crippen LogP contribution in [0.4, 0.5) is 0 Å². The number of benzene rings is 3. The first-order valence-corrected chi connectivity index (χ1v) is 10.8. The molecule has 0 spiro atoms. The Morgan fingerprint density at radius 2 is 1.64 bits per heavy atom. The third-order valence-corrected chi connectivity index (χ3v) is 4.99. The predicted octanol–water partition coefficient (Wildman–Crippen LogP) is 5.33. The lowest BCUT2D eigenvalue weighted by Gasteiger charge is -2.17. The van der Waals surface area contributed by atoms with E-state index in [-0.39, 0.29) is 12.5 Å². The van der Waals surface area contributed by atoms with Gasteiger partial charge in [0, 0.05) is 12.0 Å². The van der Waals surface area contributed by atoms with Gasteiger partial charge in [-0.3, -0.25) is 0 Å². The molecule has 0 bridgehead atoms. The van der Waals surface area contributed by atoms with Gasteiger partial charge < -0.3 is 19.4 Å². The quantitative estimate of drug-likeness (QED) is 0.317. The first-order valence-electron chi connectivity index (χ1n) is 10.8. The van der Waals surface area contributed by atoms with Crippen LogP contribution in [0.15, 0.2) is 78.0 Å². The second-order valence-electron chi connectivity index (χ2n) is 7.86. The van der Waals surface area contributed by atoms with Crippen molar-refractivity contribution in [2.45, 2.75) is 39.1 Å². The van der Waals surface area contributed by atoms with Crippen molar-refractivity contribution in [3.8, 4) is 16.9 Å². The lowest BCUT2D eigenvalue weighted by molar-refractivity contribution is -0.153. The molecule has 0 aromatic heterocycles. The molecule has 0 aliphatic heterocycles. The average molecular weight is 448 g/mol.